The summed E-state index contributed by atoms with van der Waals surface area (Å²) >= 11 is 1.90. The Morgan fingerprint density at radius 1 is 1.53 bits per heavy atom. The maximum atomic E-state index is 6.21. The molecule has 3 atom stereocenters. The van der Waals surface area contributed by atoms with E-state index in [-0.39, 0.29) is 6.04 Å². The molecule has 1 aliphatic heterocycles. The molecule has 2 heterocycles. The summed E-state index contributed by atoms with van der Waals surface area (Å²) in [6, 6.07) is 5.10. The predicted octanol–water partition coefficient (Wildman–Crippen LogP) is 3.18. The van der Waals surface area contributed by atoms with Gasteiger partial charge in [0.05, 0.1) is 6.04 Å². The van der Waals surface area contributed by atoms with E-state index < -0.39 is 0 Å². The molecule has 3 unspecified atom stereocenters. The molecule has 2 nitrogen and oxygen atoms in total. The van der Waals surface area contributed by atoms with Gasteiger partial charge in [0.1, 0.15) is 0 Å². The molecule has 1 saturated heterocycles. The van der Waals surface area contributed by atoms with Crippen molar-refractivity contribution in [1.82, 2.24) is 4.90 Å². The highest BCUT2D eigenvalue weighted by Crippen LogP contribution is 2.34. The lowest BCUT2D eigenvalue weighted by Gasteiger charge is -2.30. The fourth-order valence-corrected chi connectivity index (χ4v) is 3.96. The van der Waals surface area contributed by atoms with E-state index in [0.717, 1.165) is 5.92 Å². The molecule has 0 spiro atoms. The number of hydrogen-bond acceptors (Lipinski definition) is 3. The Balaban J connectivity index is 2.13. The molecule has 2 rings (SSSR count). The molecule has 1 aromatic rings. The number of hydrogen-bond donors (Lipinski definition) is 1. The lowest BCUT2D eigenvalue weighted by Crippen LogP contribution is -2.37. The van der Waals surface area contributed by atoms with E-state index in [9.17, 15) is 0 Å². The molecule has 96 valence electrons. The van der Waals surface area contributed by atoms with Crippen LogP contribution in [0.25, 0.3) is 0 Å². The van der Waals surface area contributed by atoms with Gasteiger partial charge in [-0.15, -0.1) is 11.3 Å². The minimum atomic E-state index is 0.212. The van der Waals surface area contributed by atoms with E-state index in [2.05, 4.69) is 37.8 Å². The quantitative estimate of drug-likeness (QED) is 0.892. The molecule has 0 saturated carbocycles. The van der Waals surface area contributed by atoms with E-state index in [0.29, 0.717) is 6.04 Å². The van der Waals surface area contributed by atoms with E-state index in [1.165, 1.54) is 35.7 Å². The SMILES string of the molecule is CCC1CCN(C(c2ccc(C)s2)C(C)N)C1. The predicted molar refractivity (Wildman–Crippen MR) is 75.4 cm³/mol. The van der Waals surface area contributed by atoms with Crippen LogP contribution >= 0.6 is 11.3 Å². The van der Waals surface area contributed by atoms with Crippen LogP contribution in [0.3, 0.4) is 0 Å². The second-order valence-electron chi connectivity index (χ2n) is 5.31. The van der Waals surface area contributed by atoms with Gasteiger partial charge < -0.3 is 5.73 Å². The largest absolute Gasteiger partial charge is 0.326 e. The van der Waals surface area contributed by atoms with Gasteiger partial charge >= 0.3 is 0 Å². The maximum absolute atomic E-state index is 6.21. The van der Waals surface area contributed by atoms with Gasteiger partial charge in [-0.2, -0.15) is 0 Å². The Labute approximate surface area is 109 Å². The van der Waals surface area contributed by atoms with Gasteiger partial charge in [-0.25, -0.2) is 0 Å². The molecular weight excluding hydrogens is 228 g/mol. The first kappa shape index (κ1) is 13.1. The average Bonchev–Trinajstić information content (AvgIpc) is 2.88. The van der Waals surface area contributed by atoms with Crippen LogP contribution in [0.1, 0.15) is 42.5 Å². The van der Waals surface area contributed by atoms with Crippen molar-refractivity contribution >= 4 is 11.3 Å². The molecule has 3 heteroatoms. The van der Waals surface area contributed by atoms with Gasteiger partial charge in [0.2, 0.25) is 0 Å². The van der Waals surface area contributed by atoms with Crippen LogP contribution < -0.4 is 5.73 Å². The van der Waals surface area contributed by atoms with Crippen LogP contribution in [0, 0.1) is 12.8 Å². The number of nitrogens with zero attached hydrogens (tertiary/aromatic N) is 1. The zero-order valence-corrected chi connectivity index (χ0v) is 12.0. The molecule has 0 aromatic carbocycles. The van der Waals surface area contributed by atoms with Crippen molar-refractivity contribution < 1.29 is 0 Å². The van der Waals surface area contributed by atoms with Gasteiger partial charge in [-0.3, -0.25) is 4.90 Å². The van der Waals surface area contributed by atoms with Crippen molar-refractivity contribution in [2.75, 3.05) is 13.1 Å². The second kappa shape index (κ2) is 5.51. The normalized spacial score (nSPS) is 25.1. The summed E-state index contributed by atoms with van der Waals surface area (Å²) in [4.78, 5) is 5.41. The number of nitrogens with two attached hydrogens (primary N) is 1. The molecule has 1 fully saturated rings. The molecule has 2 N–H and O–H groups in total. The molecular formula is C14H24N2S. The minimum Gasteiger partial charge on any atom is -0.326 e. The molecule has 0 radical (unpaired) electrons. The van der Waals surface area contributed by atoms with E-state index in [1.807, 2.05) is 11.3 Å². The lowest BCUT2D eigenvalue weighted by atomic mass is 10.1. The van der Waals surface area contributed by atoms with Crippen LogP contribution in [-0.4, -0.2) is 24.0 Å². The summed E-state index contributed by atoms with van der Waals surface area (Å²) < 4.78 is 0. The van der Waals surface area contributed by atoms with Gasteiger partial charge in [0, 0.05) is 22.3 Å². The number of aryl methyl sites for hydroxylation is 1. The first-order valence-corrected chi connectivity index (χ1v) is 7.49. The smallest absolute Gasteiger partial charge is 0.0590 e. The number of rotatable bonds is 4. The highest BCUT2D eigenvalue weighted by atomic mass is 32.1. The van der Waals surface area contributed by atoms with Crippen molar-refractivity contribution in [1.29, 1.82) is 0 Å². The fourth-order valence-electron chi connectivity index (χ4n) is 2.83. The van der Waals surface area contributed by atoms with Gasteiger partial charge in [-0.1, -0.05) is 13.3 Å². The molecule has 1 aliphatic rings. The summed E-state index contributed by atoms with van der Waals surface area (Å²) in [5.74, 6) is 0.873. The second-order valence-corrected chi connectivity index (χ2v) is 6.63. The Bertz CT molecular complexity index is 359. The van der Waals surface area contributed by atoms with Gasteiger partial charge in [0.25, 0.3) is 0 Å². The molecule has 17 heavy (non-hydrogen) atoms. The summed E-state index contributed by atoms with van der Waals surface area (Å²) in [6.07, 6.45) is 2.63. The standard InChI is InChI=1S/C14H24N2S/c1-4-12-7-8-16(9-12)14(11(3)15)13-6-5-10(2)17-13/h5-6,11-12,14H,4,7-9,15H2,1-3H3. The number of thiophene rings is 1. The van der Waals surface area contributed by atoms with E-state index in [1.54, 1.807) is 0 Å². The third-order valence-corrected chi connectivity index (χ3v) is 4.91. The summed E-state index contributed by atoms with van der Waals surface area (Å²) in [5, 5.41) is 0. The summed E-state index contributed by atoms with van der Waals surface area (Å²) in [6.45, 7) is 9.04. The zero-order valence-electron chi connectivity index (χ0n) is 11.1. The highest BCUT2D eigenvalue weighted by Gasteiger charge is 2.31. The van der Waals surface area contributed by atoms with Crippen molar-refractivity contribution in [3.8, 4) is 0 Å². The zero-order chi connectivity index (χ0) is 12.4. The van der Waals surface area contributed by atoms with Crippen molar-refractivity contribution in [2.45, 2.75) is 45.7 Å². The average molecular weight is 252 g/mol. The van der Waals surface area contributed by atoms with E-state index in [4.69, 9.17) is 5.73 Å². The lowest BCUT2D eigenvalue weighted by molar-refractivity contribution is 0.214. The monoisotopic (exact) mass is 252 g/mol. The Hall–Kier alpha value is -0.380. The first-order valence-electron chi connectivity index (χ1n) is 6.67. The minimum absolute atomic E-state index is 0.212. The Morgan fingerprint density at radius 2 is 2.29 bits per heavy atom. The molecule has 1 aromatic heterocycles. The fraction of sp³-hybridized carbons (Fsp3) is 0.714. The van der Waals surface area contributed by atoms with Crippen molar-refractivity contribution in [2.24, 2.45) is 11.7 Å². The van der Waals surface area contributed by atoms with Gasteiger partial charge in [0.15, 0.2) is 0 Å². The third-order valence-electron chi connectivity index (χ3n) is 3.84. The molecule has 0 aliphatic carbocycles. The van der Waals surface area contributed by atoms with Gasteiger partial charge in [-0.05, 0) is 44.9 Å². The topological polar surface area (TPSA) is 29.3 Å². The Kier molecular flexibility index (Phi) is 4.23. The van der Waals surface area contributed by atoms with Crippen molar-refractivity contribution in [3.05, 3.63) is 21.9 Å². The van der Waals surface area contributed by atoms with Crippen molar-refractivity contribution in [3.63, 3.8) is 0 Å². The van der Waals surface area contributed by atoms with E-state index >= 15 is 0 Å². The molecule has 0 bridgehead atoms. The van der Waals surface area contributed by atoms with Crippen LogP contribution in [0.5, 0.6) is 0 Å². The summed E-state index contributed by atoms with van der Waals surface area (Å²) in [5.41, 5.74) is 6.21. The van der Waals surface area contributed by atoms with Crippen LogP contribution in [0.2, 0.25) is 0 Å². The maximum Gasteiger partial charge on any atom is 0.0590 e. The Morgan fingerprint density at radius 3 is 2.76 bits per heavy atom. The highest BCUT2D eigenvalue weighted by molar-refractivity contribution is 7.12. The number of likely N-dealkylation sites (tertiary alicyclic amines) is 1. The van der Waals surface area contributed by atoms with Crippen LogP contribution in [0.15, 0.2) is 12.1 Å². The first-order chi connectivity index (χ1) is 8.11. The third kappa shape index (κ3) is 2.90. The summed E-state index contributed by atoms with van der Waals surface area (Å²) in [7, 11) is 0. The van der Waals surface area contributed by atoms with Crippen LogP contribution in [-0.2, 0) is 0 Å². The van der Waals surface area contributed by atoms with Crippen LogP contribution in [0.4, 0.5) is 0 Å². The molecule has 0 amide bonds.